The van der Waals surface area contributed by atoms with Crippen LogP contribution in [0, 0.1) is 23.7 Å². The fourth-order valence-electron chi connectivity index (χ4n) is 2.71. The van der Waals surface area contributed by atoms with Crippen LogP contribution in [0.25, 0.3) is 0 Å². The lowest BCUT2D eigenvalue weighted by molar-refractivity contribution is -0.113. The molecule has 0 aromatic carbocycles. The molecule has 0 amide bonds. The van der Waals surface area contributed by atoms with Crippen molar-refractivity contribution in [3.05, 3.63) is 23.8 Å². The average Bonchev–Trinajstić information content (AvgIpc) is 2.18. The van der Waals surface area contributed by atoms with E-state index in [2.05, 4.69) is 32.1 Å². The van der Waals surface area contributed by atoms with Gasteiger partial charge in [0.15, 0.2) is 0 Å². The van der Waals surface area contributed by atoms with Gasteiger partial charge in [-0.1, -0.05) is 32.1 Å². The molecule has 0 radical (unpaired) electrons. The Balaban J connectivity index is 2.30. The van der Waals surface area contributed by atoms with Crippen LogP contribution in [0.5, 0.6) is 0 Å². The zero-order chi connectivity index (χ0) is 10.1. The van der Waals surface area contributed by atoms with Crippen LogP contribution in [-0.2, 0) is 4.79 Å². The molecule has 0 heterocycles. The standard InChI is InChI=1S/C13H18O/c1-9-3-6-12-11(7-9)5-4-10(2)13(12)8-14/h4-5,7-10,12-13H,3,6H2,1-2H3/t9-,10+,12+,13+/m1/s1. The molecule has 14 heavy (non-hydrogen) atoms. The highest BCUT2D eigenvalue weighted by molar-refractivity contribution is 5.58. The normalized spacial score (nSPS) is 41.4. The molecule has 2 rings (SSSR count). The van der Waals surface area contributed by atoms with E-state index in [1.54, 1.807) is 0 Å². The maximum absolute atomic E-state index is 11.0. The highest BCUT2D eigenvalue weighted by Gasteiger charge is 2.32. The van der Waals surface area contributed by atoms with E-state index in [4.69, 9.17) is 0 Å². The van der Waals surface area contributed by atoms with Crippen molar-refractivity contribution in [2.75, 3.05) is 0 Å². The van der Waals surface area contributed by atoms with Gasteiger partial charge in [0.25, 0.3) is 0 Å². The minimum atomic E-state index is 0.221. The van der Waals surface area contributed by atoms with Gasteiger partial charge in [-0.3, -0.25) is 0 Å². The lowest BCUT2D eigenvalue weighted by Crippen LogP contribution is -2.29. The number of carbonyl (C=O) groups excluding carboxylic acids is 1. The summed E-state index contributed by atoms with van der Waals surface area (Å²) in [7, 11) is 0. The molecular formula is C13H18O. The second-order valence-electron chi connectivity index (χ2n) is 4.76. The Bertz CT molecular complexity index is 288. The van der Waals surface area contributed by atoms with Crippen molar-refractivity contribution in [3.8, 4) is 0 Å². The summed E-state index contributed by atoms with van der Waals surface area (Å²) in [6.45, 7) is 4.40. The largest absolute Gasteiger partial charge is 0.303 e. The van der Waals surface area contributed by atoms with E-state index in [0.29, 0.717) is 17.8 Å². The summed E-state index contributed by atoms with van der Waals surface area (Å²) in [5.41, 5.74) is 1.40. The Kier molecular flexibility index (Phi) is 2.58. The second kappa shape index (κ2) is 3.72. The average molecular weight is 190 g/mol. The Morgan fingerprint density at radius 2 is 2.14 bits per heavy atom. The number of fused-ring (bicyclic) bond motifs is 1. The van der Waals surface area contributed by atoms with Crippen molar-refractivity contribution in [3.63, 3.8) is 0 Å². The van der Waals surface area contributed by atoms with Gasteiger partial charge in [-0.15, -0.1) is 0 Å². The van der Waals surface area contributed by atoms with Gasteiger partial charge in [0.2, 0.25) is 0 Å². The summed E-state index contributed by atoms with van der Waals surface area (Å²) in [6.07, 6.45) is 10.3. The Morgan fingerprint density at radius 1 is 1.36 bits per heavy atom. The molecule has 0 unspecified atom stereocenters. The fourth-order valence-corrected chi connectivity index (χ4v) is 2.71. The monoisotopic (exact) mass is 190 g/mol. The van der Waals surface area contributed by atoms with Gasteiger partial charge < -0.3 is 4.79 Å². The first kappa shape index (κ1) is 9.70. The smallest absolute Gasteiger partial charge is 0.124 e. The van der Waals surface area contributed by atoms with Crippen LogP contribution in [0.15, 0.2) is 23.8 Å². The molecule has 0 spiro atoms. The first-order valence-corrected chi connectivity index (χ1v) is 5.57. The topological polar surface area (TPSA) is 17.1 Å². The number of carbonyl (C=O) groups is 1. The van der Waals surface area contributed by atoms with Crippen molar-refractivity contribution < 1.29 is 4.79 Å². The molecule has 0 bridgehead atoms. The van der Waals surface area contributed by atoms with Crippen LogP contribution in [0.1, 0.15) is 26.7 Å². The maximum atomic E-state index is 11.0. The van der Waals surface area contributed by atoms with Gasteiger partial charge >= 0.3 is 0 Å². The third kappa shape index (κ3) is 1.56. The summed E-state index contributed by atoms with van der Waals surface area (Å²) in [6, 6.07) is 0. The Hall–Kier alpha value is -0.850. The summed E-state index contributed by atoms with van der Waals surface area (Å²) < 4.78 is 0. The highest BCUT2D eigenvalue weighted by Crippen LogP contribution is 2.40. The van der Waals surface area contributed by atoms with Crippen molar-refractivity contribution in [1.82, 2.24) is 0 Å². The lowest BCUT2D eigenvalue weighted by atomic mass is 9.69. The summed E-state index contributed by atoms with van der Waals surface area (Å²) in [4.78, 5) is 11.0. The lowest BCUT2D eigenvalue weighted by Gasteiger charge is -2.35. The number of hydrogen-bond donors (Lipinski definition) is 0. The van der Waals surface area contributed by atoms with Gasteiger partial charge in [-0.2, -0.15) is 0 Å². The zero-order valence-electron chi connectivity index (χ0n) is 8.94. The molecule has 0 aromatic heterocycles. The van der Waals surface area contributed by atoms with Crippen LogP contribution in [0.2, 0.25) is 0 Å². The molecule has 2 aliphatic rings. The van der Waals surface area contributed by atoms with Crippen LogP contribution in [0.4, 0.5) is 0 Å². The number of rotatable bonds is 1. The summed E-state index contributed by atoms with van der Waals surface area (Å²) >= 11 is 0. The van der Waals surface area contributed by atoms with Gasteiger partial charge in [-0.25, -0.2) is 0 Å². The molecule has 76 valence electrons. The van der Waals surface area contributed by atoms with E-state index in [1.807, 2.05) is 0 Å². The van der Waals surface area contributed by atoms with Crippen molar-refractivity contribution in [1.29, 1.82) is 0 Å². The molecule has 2 aliphatic carbocycles. The van der Waals surface area contributed by atoms with Crippen LogP contribution >= 0.6 is 0 Å². The van der Waals surface area contributed by atoms with Crippen LogP contribution < -0.4 is 0 Å². The predicted molar refractivity (Wildman–Crippen MR) is 57.8 cm³/mol. The van der Waals surface area contributed by atoms with Gasteiger partial charge in [0.05, 0.1) is 0 Å². The summed E-state index contributed by atoms with van der Waals surface area (Å²) in [5.74, 6) is 1.83. The molecule has 0 N–H and O–H groups in total. The van der Waals surface area contributed by atoms with Crippen molar-refractivity contribution in [2.45, 2.75) is 26.7 Å². The van der Waals surface area contributed by atoms with Crippen LogP contribution in [0.3, 0.4) is 0 Å². The molecule has 1 nitrogen and oxygen atoms in total. The van der Waals surface area contributed by atoms with E-state index in [1.165, 1.54) is 18.4 Å². The molecule has 0 aromatic rings. The second-order valence-corrected chi connectivity index (χ2v) is 4.76. The molecular weight excluding hydrogens is 172 g/mol. The van der Waals surface area contributed by atoms with Crippen molar-refractivity contribution in [2.24, 2.45) is 23.7 Å². The quantitative estimate of drug-likeness (QED) is 0.581. The third-order valence-corrected chi connectivity index (χ3v) is 3.66. The first-order valence-electron chi connectivity index (χ1n) is 5.57. The first-order chi connectivity index (χ1) is 6.72. The van der Waals surface area contributed by atoms with Crippen LogP contribution in [-0.4, -0.2) is 6.29 Å². The fraction of sp³-hybridized carbons (Fsp3) is 0.615. The molecule has 0 saturated carbocycles. The van der Waals surface area contributed by atoms with E-state index in [0.717, 1.165) is 6.29 Å². The van der Waals surface area contributed by atoms with Crippen molar-refractivity contribution >= 4 is 6.29 Å². The van der Waals surface area contributed by atoms with E-state index < -0.39 is 0 Å². The predicted octanol–water partition coefficient (Wildman–Crippen LogP) is 2.98. The van der Waals surface area contributed by atoms with Gasteiger partial charge in [0, 0.05) is 5.92 Å². The van der Waals surface area contributed by atoms with E-state index in [-0.39, 0.29) is 5.92 Å². The summed E-state index contributed by atoms with van der Waals surface area (Å²) in [5, 5.41) is 0. The number of allylic oxidation sites excluding steroid dienone is 4. The Labute approximate surface area is 85.9 Å². The molecule has 0 aliphatic heterocycles. The van der Waals surface area contributed by atoms with Gasteiger partial charge in [-0.05, 0) is 36.2 Å². The third-order valence-electron chi connectivity index (χ3n) is 3.66. The number of aldehydes is 1. The molecule has 4 atom stereocenters. The van der Waals surface area contributed by atoms with E-state index in [9.17, 15) is 4.79 Å². The maximum Gasteiger partial charge on any atom is 0.124 e. The van der Waals surface area contributed by atoms with E-state index >= 15 is 0 Å². The minimum Gasteiger partial charge on any atom is -0.303 e. The Morgan fingerprint density at radius 3 is 2.86 bits per heavy atom. The highest BCUT2D eigenvalue weighted by atomic mass is 16.1. The molecule has 0 saturated heterocycles. The zero-order valence-corrected chi connectivity index (χ0v) is 8.94. The molecule has 0 fully saturated rings. The van der Waals surface area contributed by atoms with Gasteiger partial charge in [0.1, 0.15) is 6.29 Å². The number of hydrogen-bond acceptors (Lipinski definition) is 1. The minimum absolute atomic E-state index is 0.221. The SMILES string of the molecule is C[C@H]1C=C2C=C[C@H](C)[C@H](C=O)[C@H]2CC1. The molecule has 1 heteroatoms.